The van der Waals surface area contributed by atoms with Gasteiger partial charge in [-0.2, -0.15) is 0 Å². The van der Waals surface area contributed by atoms with Gasteiger partial charge < -0.3 is 5.32 Å². The van der Waals surface area contributed by atoms with Gasteiger partial charge in [-0.05, 0) is 55.3 Å². The largest absolute Gasteiger partial charge is 0.312 e. The monoisotopic (exact) mass is 302 g/mol. The summed E-state index contributed by atoms with van der Waals surface area (Å²) in [7, 11) is 0. The lowest BCUT2D eigenvalue weighted by atomic mass is 10.2. The second-order valence-electron chi connectivity index (χ2n) is 5.57. The van der Waals surface area contributed by atoms with Crippen molar-refractivity contribution in [2.24, 2.45) is 5.92 Å². The Morgan fingerprint density at radius 1 is 1.24 bits per heavy atom. The van der Waals surface area contributed by atoms with Crippen LogP contribution in [0.3, 0.4) is 0 Å². The zero-order valence-corrected chi connectivity index (χ0v) is 13.9. The van der Waals surface area contributed by atoms with E-state index in [2.05, 4.69) is 47.1 Å². The van der Waals surface area contributed by atoms with Crippen molar-refractivity contribution in [2.45, 2.75) is 44.4 Å². The van der Waals surface area contributed by atoms with Crippen molar-refractivity contribution in [1.29, 1.82) is 0 Å². The van der Waals surface area contributed by atoms with Gasteiger partial charge in [0.25, 0.3) is 0 Å². The van der Waals surface area contributed by atoms with E-state index in [1.165, 1.54) is 17.3 Å². The van der Waals surface area contributed by atoms with E-state index >= 15 is 0 Å². The molecule has 5 heteroatoms. The molecular formula is C16H22N4S. The van der Waals surface area contributed by atoms with Gasteiger partial charge in [0.1, 0.15) is 5.03 Å². The average molecular weight is 302 g/mol. The molecule has 0 spiro atoms. The van der Waals surface area contributed by atoms with Crippen molar-refractivity contribution < 1.29 is 0 Å². The number of pyridine rings is 1. The minimum absolute atomic E-state index is 0.660. The van der Waals surface area contributed by atoms with Crippen molar-refractivity contribution in [3.8, 4) is 0 Å². The van der Waals surface area contributed by atoms with E-state index in [1.807, 2.05) is 19.2 Å². The van der Waals surface area contributed by atoms with E-state index in [0.29, 0.717) is 5.92 Å². The highest BCUT2D eigenvalue weighted by Crippen LogP contribution is 2.25. The van der Waals surface area contributed by atoms with E-state index < -0.39 is 0 Å². The fourth-order valence-electron chi connectivity index (χ4n) is 1.89. The minimum atomic E-state index is 0.660. The molecule has 0 atom stereocenters. The van der Waals surface area contributed by atoms with Gasteiger partial charge in [0.2, 0.25) is 0 Å². The Morgan fingerprint density at radius 2 is 2.05 bits per heavy atom. The van der Waals surface area contributed by atoms with Gasteiger partial charge >= 0.3 is 0 Å². The quantitative estimate of drug-likeness (QED) is 0.829. The fourth-order valence-corrected chi connectivity index (χ4v) is 2.69. The molecule has 2 rings (SSSR count). The van der Waals surface area contributed by atoms with Crippen LogP contribution >= 0.6 is 11.8 Å². The van der Waals surface area contributed by atoms with E-state index in [1.54, 1.807) is 6.20 Å². The highest BCUT2D eigenvalue weighted by atomic mass is 32.2. The van der Waals surface area contributed by atoms with Crippen LogP contribution < -0.4 is 5.32 Å². The Bertz CT molecular complexity index is 599. The number of nitrogens with zero attached hydrogens (tertiary/aromatic N) is 3. The van der Waals surface area contributed by atoms with E-state index in [4.69, 9.17) is 0 Å². The predicted molar refractivity (Wildman–Crippen MR) is 86.4 cm³/mol. The first-order valence-electron chi connectivity index (χ1n) is 7.18. The third-order valence-corrected chi connectivity index (χ3v) is 3.93. The molecule has 21 heavy (non-hydrogen) atoms. The van der Waals surface area contributed by atoms with Crippen molar-refractivity contribution in [1.82, 2.24) is 20.3 Å². The lowest BCUT2D eigenvalue weighted by molar-refractivity contribution is 0.551. The first-order valence-corrected chi connectivity index (χ1v) is 8.00. The first-order chi connectivity index (χ1) is 10.0. The van der Waals surface area contributed by atoms with Crippen LogP contribution in [0.2, 0.25) is 0 Å². The number of aryl methyl sites for hydroxylation is 2. The van der Waals surface area contributed by atoms with Gasteiger partial charge in [-0.15, -0.1) is 0 Å². The third-order valence-electron chi connectivity index (χ3n) is 2.93. The maximum atomic E-state index is 4.54. The summed E-state index contributed by atoms with van der Waals surface area (Å²) in [6.07, 6.45) is 3.71. The molecule has 2 heterocycles. The summed E-state index contributed by atoms with van der Waals surface area (Å²) in [6, 6.07) is 4.08. The molecule has 0 bridgehead atoms. The topological polar surface area (TPSA) is 50.7 Å². The summed E-state index contributed by atoms with van der Waals surface area (Å²) < 4.78 is 0. The summed E-state index contributed by atoms with van der Waals surface area (Å²) in [5.41, 5.74) is 3.34. The van der Waals surface area contributed by atoms with Crippen LogP contribution in [0.1, 0.15) is 30.7 Å². The van der Waals surface area contributed by atoms with Gasteiger partial charge in [-0.1, -0.05) is 19.9 Å². The van der Waals surface area contributed by atoms with Crippen LogP contribution in [0.4, 0.5) is 0 Å². The summed E-state index contributed by atoms with van der Waals surface area (Å²) >= 11 is 1.51. The molecule has 0 aliphatic carbocycles. The van der Waals surface area contributed by atoms with E-state index in [9.17, 15) is 0 Å². The lowest BCUT2D eigenvalue weighted by Gasteiger charge is -2.09. The molecule has 112 valence electrons. The number of hydrogen-bond acceptors (Lipinski definition) is 5. The molecule has 0 fully saturated rings. The molecule has 0 radical (unpaired) electrons. The average Bonchev–Trinajstić information content (AvgIpc) is 2.41. The molecule has 4 nitrogen and oxygen atoms in total. The Kier molecular flexibility index (Phi) is 5.70. The van der Waals surface area contributed by atoms with Crippen LogP contribution in [-0.2, 0) is 6.54 Å². The molecule has 2 aromatic heterocycles. The number of nitrogens with one attached hydrogen (secondary N) is 1. The zero-order valence-electron chi connectivity index (χ0n) is 13.1. The highest BCUT2D eigenvalue weighted by molar-refractivity contribution is 7.99. The fraction of sp³-hybridized carbons (Fsp3) is 0.438. The maximum Gasteiger partial charge on any atom is 0.194 e. The molecule has 0 amide bonds. The lowest BCUT2D eigenvalue weighted by Crippen LogP contribution is -2.19. The molecule has 0 aliphatic heterocycles. The summed E-state index contributed by atoms with van der Waals surface area (Å²) in [5, 5.41) is 5.15. The Labute approximate surface area is 130 Å². The molecule has 1 N–H and O–H groups in total. The predicted octanol–water partition coefficient (Wildman–Crippen LogP) is 3.39. The maximum absolute atomic E-state index is 4.54. The standard InChI is InChI=1S/C16H22N4S/c1-11(2)8-17-9-14-7-12(3)15(19-10-14)21-16-18-6-5-13(4)20-16/h5-7,10-11,17H,8-9H2,1-4H3. The van der Waals surface area contributed by atoms with Crippen LogP contribution in [-0.4, -0.2) is 21.5 Å². The highest BCUT2D eigenvalue weighted by Gasteiger charge is 2.07. The van der Waals surface area contributed by atoms with Crippen LogP contribution in [0, 0.1) is 19.8 Å². The molecule has 0 saturated carbocycles. The summed E-state index contributed by atoms with van der Waals surface area (Å²) in [5.74, 6) is 0.660. The molecule has 0 aliphatic rings. The van der Waals surface area contributed by atoms with Crippen molar-refractivity contribution >= 4 is 11.8 Å². The molecule has 0 aromatic carbocycles. The molecule has 0 saturated heterocycles. The van der Waals surface area contributed by atoms with Crippen LogP contribution in [0.15, 0.2) is 34.7 Å². The van der Waals surface area contributed by atoms with Crippen LogP contribution in [0.5, 0.6) is 0 Å². The van der Waals surface area contributed by atoms with Gasteiger partial charge in [0, 0.05) is 24.6 Å². The molecule has 2 aromatic rings. The number of rotatable bonds is 6. The first kappa shape index (κ1) is 15.9. The Morgan fingerprint density at radius 3 is 2.71 bits per heavy atom. The van der Waals surface area contributed by atoms with Gasteiger partial charge in [0.05, 0.1) is 0 Å². The van der Waals surface area contributed by atoms with Crippen molar-refractivity contribution in [2.75, 3.05) is 6.54 Å². The van der Waals surface area contributed by atoms with Crippen molar-refractivity contribution in [3.05, 3.63) is 41.3 Å². The van der Waals surface area contributed by atoms with Gasteiger partial charge in [-0.25, -0.2) is 15.0 Å². The summed E-state index contributed by atoms with van der Waals surface area (Å²) in [6.45, 7) is 10.3. The minimum Gasteiger partial charge on any atom is -0.312 e. The van der Waals surface area contributed by atoms with E-state index in [-0.39, 0.29) is 0 Å². The number of aromatic nitrogens is 3. The summed E-state index contributed by atoms with van der Waals surface area (Å²) in [4.78, 5) is 13.2. The van der Waals surface area contributed by atoms with Crippen LogP contribution in [0.25, 0.3) is 0 Å². The number of hydrogen-bond donors (Lipinski definition) is 1. The Balaban J connectivity index is 2.02. The molecular weight excluding hydrogens is 280 g/mol. The zero-order chi connectivity index (χ0) is 15.2. The van der Waals surface area contributed by atoms with Crippen molar-refractivity contribution in [3.63, 3.8) is 0 Å². The third kappa shape index (κ3) is 5.10. The SMILES string of the molecule is Cc1ccnc(Sc2ncc(CNCC(C)C)cc2C)n1. The van der Waals surface area contributed by atoms with Gasteiger partial charge in [0.15, 0.2) is 5.16 Å². The van der Waals surface area contributed by atoms with Gasteiger partial charge in [-0.3, -0.25) is 0 Å². The second kappa shape index (κ2) is 7.52. The van der Waals surface area contributed by atoms with E-state index in [0.717, 1.165) is 34.5 Å². The second-order valence-corrected chi connectivity index (χ2v) is 6.53. The Hall–Kier alpha value is -1.46. The normalized spacial score (nSPS) is 11.1. The smallest absolute Gasteiger partial charge is 0.194 e. The molecule has 0 unspecified atom stereocenters.